The van der Waals surface area contributed by atoms with Crippen LogP contribution in [0.3, 0.4) is 0 Å². The third-order valence-corrected chi connectivity index (χ3v) is 3.37. The number of rotatable bonds is 6. The summed E-state index contributed by atoms with van der Waals surface area (Å²) in [4.78, 5) is 11.9. The van der Waals surface area contributed by atoms with Gasteiger partial charge in [-0.25, -0.2) is 4.79 Å². The average molecular weight is 392 g/mol. The number of para-hydroxylation sites is 2. The summed E-state index contributed by atoms with van der Waals surface area (Å²) in [6.07, 6.45) is -4.43. The van der Waals surface area contributed by atoms with E-state index in [-0.39, 0.29) is 18.9 Å². The van der Waals surface area contributed by atoms with Crippen LogP contribution in [0.4, 0.5) is 23.7 Å². The van der Waals surface area contributed by atoms with Crippen LogP contribution in [0.25, 0.3) is 0 Å². The standard InChI is InChI=1S/C20H19F3N2O3/c1-2-27-18-11-4-3-10-17(18)25-19(26)24-12-5-6-13-28-16-9-7-8-15(14-16)20(21,22)23/h3-4,7-11,14H,2,12-13H2,1H3,(H2,24,25,26). The molecule has 0 unspecified atom stereocenters. The number of nitrogens with one attached hydrogen (secondary N) is 2. The van der Waals surface area contributed by atoms with Gasteiger partial charge in [0, 0.05) is 0 Å². The van der Waals surface area contributed by atoms with Crippen LogP contribution in [-0.4, -0.2) is 25.8 Å². The van der Waals surface area contributed by atoms with Crippen molar-refractivity contribution in [3.8, 4) is 23.3 Å². The Morgan fingerprint density at radius 2 is 1.86 bits per heavy atom. The second kappa shape index (κ2) is 10.1. The summed E-state index contributed by atoms with van der Waals surface area (Å²) in [6.45, 7) is 2.26. The smallest absolute Gasteiger partial charge is 0.416 e. The van der Waals surface area contributed by atoms with E-state index in [2.05, 4.69) is 22.5 Å². The zero-order valence-electron chi connectivity index (χ0n) is 15.1. The molecule has 2 rings (SSSR count). The molecule has 0 saturated carbocycles. The first kappa shape index (κ1) is 21.0. The minimum Gasteiger partial charge on any atom is -0.492 e. The predicted molar refractivity (Wildman–Crippen MR) is 99.3 cm³/mol. The molecule has 0 atom stereocenters. The maximum absolute atomic E-state index is 12.6. The number of amides is 2. The van der Waals surface area contributed by atoms with Gasteiger partial charge in [0.05, 0.1) is 24.4 Å². The highest BCUT2D eigenvalue weighted by molar-refractivity contribution is 5.91. The molecule has 2 amide bonds. The maximum Gasteiger partial charge on any atom is 0.416 e. The molecule has 0 bridgehead atoms. The van der Waals surface area contributed by atoms with Crippen LogP contribution >= 0.6 is 0 Å². The quantitative estimate of drug-likeness (QED) is 0.721. The normalized spacial score (nSPS) is 10.4. The van der Waals surface area contributed by atoms with Gasteiger partial charge in [0.2, 0.25) is 0 Å². The van der Waals surface area contributed by atoms with E-state index in [1.165, 1.54) is 12.1 Å². The lowest BCUT2D eigenvalue weighted by molar-refractivity contribution is -0.137. The fourth-order valence-electron chi connectivity index (χ4n) is 2.14. The average Bonchev–Trinajstić information content (AvgIpc) is 2.66. The molecule has 0 heterocycles. The van der Waals surface area contributed by atoms with Crippen LogP contribution in [0.2, 0.25) is 0 Å². The molecule has 0 aliphatic rings. The Hall–Kier alpha value is -3.34. The molecule has 0 aliphatic heterocycles. The minimum atomic E-state index is -4.43. The number of ether oxygens (including phenoxy) is 2. The highest BCUT2D eigenvalue weighted by atomic mass is 19.4. The first-order valence-corrected chi connectivity index (χ1v) is 8.42. The highest BCUT2D eigenvalue weighted by Gasteiger charge is 2.30. The summed E-state index contributed by atoms with van der Waals surface area (Å²) in [7, 11) is 0. The molecule has 5 nitrogen and oxygen atoms in total. The molecule has 148 valence electrons. The highest BCUT2D eigenvalue weighted by Crippen LogP contribution is 2.31. The first-order chi connectivity index (χ1) is 13.4. The molecule has 0 saturated heterocycles. The Labute approximate surface area is 160 Å². The number of urea groups is 1. The molecule has 0 fully saturated rings. The second-order valence-electron chi connectivity index (χ2n) is 5.40. The van der Waals surface area contributed by atoms with Crippen molar-refractivity contribution < 1.29 is 27.4 Å². The van der Waals surface area contributed by atoms with Crippen molar-refractivity contribution in [2.45, 2.75) is 13.1 Å². The van der Waals surface area contributed by atoms with Crippen LogP contribution in [0.1, 0.15) is 12.5 Å². The zero-order chi connectivity index (χ0) is 20.4. The lowest BCUT2D eigenvalue weighted by Gasteiger charge is -2.11. The molecular formula is C20H19F3N2O3. The molecule has 0 aromatic heterocycles. The van der Waals surface area contributed by atoms with Crippen molar-refractivity contribution in [2.24, 2.45) is 0 Å². The topological polar surface area (TPSA) is 59.6 Å². The molecule has 0 aliphatic carbocycles. The maximum atomic E-state index is 12.6. The Bertz CT molecular complexity index is 858. The van der Waals surface area contributed by atoms with E-state index in [1.807, 2.05) is 6.92 Å². The second-order valence-corrected chi connectivity index (χ2v) is 5.40. The van der Waals surface area contributed by atoms with Crippen molar-refractivity contribution >= 4 is 11.7 Å². The number of carbonyl (C=O) groups excluding carboxylic acids is 1. The van der Waals surface area contributed by atoms with E-state index < -0.39 is 17.8 Å². The van der Waals surface area contributed by atoms with Gasteiger partial charge in [-0.05, 0) is 37.3 Å². The largest absolute Gasteiger partial charge is 0.492 e. The van der Waals surface area contributed by atoms with Crippen LogP contribution in [0.5, 0.6) is 11.5 Å². The van der Waals surface area contributed by atoms with E-state index in [1.54, 1.807) is 24.3 Å². The van der Waals surface area contributed by atoms with Crippen molar-refractivity contribution in [1.29, 1.82) is 0 Å². The van der Waals surface area contributed by atoms with Crippen molar-refractivity contribution in [2.75, 3.05) is 25.1 Å². The summed E-state index contributed by atoms with van der Waals surface area (Å²) in [5.41, 5.74) is -0.258. The molecule has 2 aromatic rings. The molecule has 28 heavy (non-hydrogen) atoms. The lowest BCUT2D eigenvalue weighted by atomic mass is 10.2. The van der Waals surface area contributed by atoms with E-state index >= 15 is 0 Å². The Balaban J connectivity index is 1.76. The number of halogens is 3. The van der Waals surface area contributed by atoms with Crippen LogP contribution in [0.15, 0.2) is 48.5 Å². The monoisotopic (exact) mass is 392 g/mol. The number of hydrogen-bond donors (Lipinski definition) is 2. The number of carbonyl (C=O) groups is 1. The molecule has 0 spiro atoms. The van der Waals surface area contributed by atoms with Crippen molar-refractivity contribution in [1.82, 2.24) is 5.32 Å². The van der Waals surface area contributed by atoms with Gasteiger partial charge < -0.3 is 20.1 Å². The zero-order valence-corrected chi connectivity index (χ0v) is 15.1. The fourth-order valence-corrected chi connectivity index (χ4v) is 2.14. The molecule has 0 radical (unpaired) electrons. The fraction of sp³-hybridized carbons (Fsp3) is 0.250. The third kappa shape index (κ3) is 6.76. The summed E-state index contributed by atoms with van der Waals surface area (Å²) in [6, 6.07) is 11.1. The van der Waals surface area contributed by atoms with E-state index in [9.17, 15) is 18.0 Å². The minimum absolute atomic E-state index is 0.0502. The number of anilines is 1. The number of hydrogen-bond acceptors (Lipinski definition) is 3. The summed E-state index contributed by atoms with van der Waals surface area (Å²) < 4.78 is 48.4. The predicted octanol–water partition coefficient (Wildman–Crippen LogP) is 4.31. The SMILES string of the molecule is CCOc1ccccc1NC(=O)NCC#CCOc1cccc(C(F)(F)F)c1. The first-order valence-electron chi connectivity index (χ1n) is 8.42. The summed E-state index contributed by atoms with van der Waals surface area (Å²) >= 11 is 0. The van der Waals surface area contributed by atoms with Gasteiger partial charge in [-0.1, -0.05) is 30.0 Å². The number of alkyl halides is 3. The van der Waals surface area contributed by atoms with E-state index in [0.29, 0.717) is 18.0 Å². The van der Waals surface area contributed by atoms with Crippen LogP contribution < -0.4 is 20.1 Å². The Morgan fingerprint density at radius 1 is 1.07 bits per heavy atom. The molecule has 2 N–H and O–H groups in total. The van der Waals surface area contributed by atoms with Gasteiger partial charge in [0.25, 0.3) is 0 Å². The lowest BCUT2D eigenvalue weighted by Crippen LogP contribution is -2.29. The van der Waals surface area contributed by atoms with Gasteiger partial charge in [0.1, 0.15) is 18.1 Å². The van der Waals surface area contributed by atoms with E-state index in [4.69, 9.17) is 9.47 Å². The van der Waals surface area contributed by atoms with Gasteiger partial charge in [0.15, 0.2) is 0 Å². The van der Waals surface area contributed by atoms with Crippen molar-refractivity contribution in [3.63, 3.8) is 0 Å². The number of benzene rings is 2. The molecular weight excluding hydrogens is 373 g/mol. The third-order valence-electron chi connectivity index (χ3n) is 3.37. The molecule has 8 heteroatoms. The summed E-state index contributed by atoms with van der Waals surface area (Å²) in [5, 5.41) is 5.20. The summed E-state index contributed by atoms with van der Waals surface area (Å²) in [5.74, 6) is 5.91. The Kier molecular flexibility index (Phi) is 7.57. The van der Waals surface area contributed by atoms with Crippen LogP contribution in [-0.2, 0) is 6.18 Å². The van der Waals surface area contributed by atoms with Crippen LogP contribution in [0, 0.1) is 11.8 Å². The molecule has 2 aromatic carbocycles. The van der Waals surface area contributed by atoms with Gasteiger partial charge in [-0.2, -0.15) is 13.2 Å². The van der Waals surface area contributed by atoms with E-state index in [0.717, 1.165) is 12.1 Å². The van der Waals surface area contributed by atoms with Gasteiger partial charge >= 0.3 is 12.2 Å². The van der Waals surface area contributed by atoms with Crippen molar-refractivity contribution in [3.05, 3.63) is 54.1 Å². The van der Waals surface area contributed by atoms with Gasteiger partial charge in [-0.3, -0.25) is 0 Å². The Morgan fingerprint density at radius 3 is 2.61 bits per heavy atom. The van der Waals surface area contributed by atoms with Gasteiger partial charge in [-0.15, -0.1) is 0 Å².